The van der Waals surface area contributed by atoms with Crippen LogP contribution in [0.2, 0.25) is 0 Å². The Bertz CT molecular complexity index is 1100. The zero-order valence-corrected chi connectivity index (χ0v) is 16.0. The van der Waals surface area contributed by atoms with Crippen molar-refractivity contribution in [2.75, 3.05) is 5.32 Å². The third-order valence-corrected chi connectivity index (χ3v) is 5.86. The highest BCUT2D eigenvalue weighted by Gasteiger charge is 2.18. The van der Waals surface area contributed by atoms with E-state index in [1.165, 1.54) is 12.8 Å². The monoisotopic (exact) mass is 389 g/mol. The summed E-state index contributed by atoms with van der Waals surface area (Å²) >= 11 is 1.60. The van der Waals surface area contributed by atoms with Gasteiger partial charge in [0.15, 0.2) is 5.69 Å². The molecule has 7 heteroatoms. The van der Waals surface area contributed by atoms with Gasteiger partial charge in [-0.05, 0) is 36.4 Å². The minimum absolute atomic E-state index is 0.240. The first-order chi connectivity index (χ1) is 13.8. The van der Waals surface area contributed by atoms with Gasteiger partial charge in [-0.15, -0.1) is 11.3 Å². The summed E-state index contributed by atoms with van der Waals surface area (Å²) in [5.74, 6) is 0.880. The molecule has 4 aromatic rings. The first-order valence-corrected chi connectivity index (χ1v) is 10.2. The molecule has 0 radical (unpaired) electrons. The number of thiophene rings is 1. The fourth-order valence-electron chi connectivity index (χ4n) is 3.54. The van der Waals surface area contributed by atoms with Crippen LogP contribution in [0.15, 0.2) is 54.0 Å². The second kappa shape index (κ2) is 7.09. The highest BCUT2D eigenvalue weighted by molar-refractivity contribution is 7.13. The lowest BCUT2D eigenvalue weighted by molar-refractivity contribution is 0.102. The predicted octanol–water partition coefficient (Wildman–Crippen LogP) is 4.59. The van der Waals surface area contributed by atoms with Crippen LogP contribution >= 0.6 is 11.3 Å². The lowest BCUT2D eigenvalue weighted by Gasteiger charge is -2.11. The predicted molar refractivity (Wildman–Crippen MR) is 110 cm³/mol. The number of carbonyl (C=O) groups is 1. The number of benzene rings is 1. The van der Waals surface area contributed by atoms with Crippen LogP contribution in [0.5, 0.6) is 0 Å². The van der Waals surface area contributed by atoms with Crippen LogP contribution in [-0.4, -0.2) is 25.7 Å². The molecule has 1 aliphatic rings. The van der Waals surface area contributed by atoms with Crippen LogP contribution in [0.25, 0.3) is 21.8 Å². The van der Waals surface area contributed by atoms with Gasteiger partial charge < -0.3 is 9.88 Å². The van der Waals surface area contributed by atoms with E-state index < -0.39 is 0 Å². The largest absolute Gasteiger partial charge is 0.334 e. The van der Waals surface area contributed by atoms with Crippen molar-refractivity contribution in [1.29, 1.82) is 0 Å². The molecule has 0 spiro atoms. The van der Waals surface area contributed by atoms with E-state index >= 15 is 0 Å². The summed E-state index contributed by atoms with van der Waals surface area (Å²) in [7, 11) is 0. The van der Waals surface area contributed by atoms with E-state index in [9.17, 15) is 4.79 Å². The number of hydrogen-bond donors (Lipinski definition) is 2. The number of nitrogens with zero attached hydrogens (tertiary/aromatic N) is 3. The molecule has 1 aromatic carbocycles. The summed E-state index contributed by atoms with van der Waals surface area (Å²) in [5, 5.41) is 12.1. The maximum absolute atomic E-state index is 12.8. The Morgan fingerprint density at radius 1 is 1.18 bits per heavy atom. The average Bonchev–Trinajstić information content (AvgIpc) is 3.47. The van der Waals surface area contributed by atoms with Gasteiger partial charge in [-0.25, -0.2) is 4.98 Å². The summed E-state index contributed by atoms with van der Waals surface area (Å²) in [6.07, 6.45) is 5.46. The molecular weight excluding hydrogens is 370 g/mol. The number of aromatic nitrogens is 4. The van der Waals surface area contributed by atoms with E-state index in [1.54, 1.807) is 17.4 Å². The zero-order chi connectivity index (χ0) is 18.9. The van der Waals surface area contributed by atoms with Crippen LogP contribution in [0, 0.1) is 0 Å². The van der Waals surface area contributed by atoms with Crippen molar-refractivity contribution in [3.05, 3.63) is 65.6 Å². The van der Waals surface area contributed by atoms with Gasteiger partial charge in [-0.2, -0.15) is 5.10 Å². The van der Waals surface area contributed by atoms with Crippen molar-refractivity contribution in [1.82, 2.24) is 19.7 Å². The number of nitrogens with one attached hydrogen (secondary N) is 2. The maximum Gasteiger partial charge on any atom is 0.276 e. The molecule has 28 heavy (non-hydrogen) atoms. The number of hydrogen-bond acceptors (Lipinski definition) is 4. The number of amides is 1. The third kappa shape index (κ3) is 3.14. The molecule has 140 valence electrons. The normalized spacial score (nSPS) is 13.3. The number of fused-ring (bicyclic) bond motifs is 1. The molecule has 0 atom stereocenters. The molecule has 1 aliphatic heterocycles. The van der Waals surface area contributed by atoms with Crippen LogP contribution in [0.3, 0.4) is 0 Å². The smallest absolute Gasteiger partial charge is 0.276 e. The van der Waals surface area contributed by atoms with Crippen molar-refractivity contribution >= 4 is 22.9 Å². The fraction of sp³-hybridized carbons (Fsp3) is 0.190. The van der Waals surface area contributed by atoms with Crippen LogP contribution in [0.1, 0.15) is 29.2 Å². The second-order valence-corrected chi connectivity index (χ2v) is 7.78. The molecule has 6 nitrogen and oxygen atoms in total. The molecule has 0 unspecified atom stereocenters. The van der Waals surface area contributed by atoms with E-state index in [0.717, 1.165) is 46.3 Å². The lowest BCUT2D eigenvalue weighted by Crippen LogP contribution is -2.13. The molecule has 4 heterocycles. The van der Waals surface area contributed by atoms with Gasteiger partial charge >= 0.3 is 0 Å². The highest BCUT2D eigenvalue weighted by atomic mass is 32.1. The molecule has 5 rings (SSSR count). The summed E-state index contributed by atoms with van der Waals surface area (Å²) in [6, 6.07) is 13.5. The molecule has 1 amide bonds. The molecular formula is C21H19N5OS. The molecule has 0 fully saturated rings. The Kier molecular flexibility index (Phi) is 4.29. The number of H-pyrrole nitrogens is 1. The van der Waals surface area contributed by atoms with Gasteiger partial charge in [0.2, 0.25) is 0 Å². The minimum Gasteiger partial charge on any atom is -0.334 e. The van der Waals surface area contributed by atoms with E-state index in [2.05, 4.69) is 26.3 Å². The van der Waals surface area contributed by atoms with Crippen molar-refractivity contribution in [2.24, 2.45) is 0 Å². The van der Waals surface area contributed by atoms with Crippen molar-refractivity contribution in [3.8, 4) is 21.8 Å². The standard InChI is InChI=1S/C21H19N5OS/c27-21(17-12-16(24-25-17)19-8-5-11-28-19)23-15-7-2-1-6-14(15)18-13-26-10-4-3-9-20(26)22-18/h1-2,5-8,11-13H,3-4,9-10H2,(H,23,27)(H,24,25). The van der Waals surface area contributed by atoms with Crippen LogP contribution in [-0.2, 0) is 13.0 Å². The van der Waals surface area contributed by atoms with E-state index in [4.69, 9.17) is 4.98 Å². The van der Waals surface area contributed by atoms with Gasteiger partial charge in [0.05, 0.1) is 22.0 Å². The zero-order valence-electron chi connectivity index (χ0n) is 15.2. The van der Waals surface area contributed by atoms with Gasteiger partial charge in [-0.3, -0.25) is 9.89 Å². The quantitative estimate of drug-likeness (QED) is 0.536. The summed E-state index contributed by atoms with van der Waals surface area (Å²) in [5.41, 5.74) is 3.77. The number of rotatable bonds is 4. The summed E-state index contributed by atoms with van der Waals surface area (Å²) in [4.78, 5) is 18.6. The molecule has 0 saturated heterocycles. The molecule has 0 aliphatic carbocycles. The number of aryl methyl sites for hydroxylation is 2. The lowest BCUT2D eigenvalue weighted by atomic mass is 10.1. The number of para-hydroxylation sites is 1. The van der Waals surface area contributed by atoms with E-state index in [0.29, 0.717) is 5.69 Å². The van der Waals surface area contributed by atoms with Gasteiger partial charge in [0.1, 0.15) is 5.82 Å². The topological polar surface area (TPSA) is 75.6 Å². The van der Waals surface area contributed by atoms with Crippen LogP contribution in [0.4, 0.5) is 5.69 Å². The first-order valence-electron chi connectivity index (χ1n) is 9.34. The van der Waals surface area contributed by atoms with Crippen molar-refractivity contribution in [2.45, 2.75) is 25.8 Å². The highest BCUT2D eigenvalue weighted by Crippen LogP contribution is 2.29. The molecule has 0 saturated carbocycles. The number of aromatic amines is 1. The fourth-order valence-corrected chi connectivity index (χ4v) is 4.23. The van der Waals surface area contributed by atoms with Gasteiger partial charge in [0, 0.05) is 24.7 Å². The molecule has 2 N–H and O–H groups in total. The Hall–Kier alpha value is -3.19. The van der Waals surface area contributed by atoms with Gasteiger partial charge in [-0.1, -0.05) is 24.3 Å². The second-order valence-electron chi connectivity index (χ2n) is 6.84. The Morgan fingerprint density at radius 3 is 2.96 bits per heavy atom. The van der Waals surface area contributed by atoms with Crippen molar-refractivity contribution < 1.29 is 4.79 Å². The Balaban J connectivity index is 1.41. The Morgan fingerprint density at radius 2 is 2.11 bits per heavy atom. The Labute approximate surface area is 166 Å². The molecule has 0 bridgehead atoms. The minimum atomic E-state index is -0.240. The van der Waals surface area contributed by atoms with E-state index in [1.807, 2.05) is 41.8 Å². The molecule has 3 aromatic heterocycles. The summed E-state index contributed by atoms with van der Waals surface area (Å²) < 4.78 is 2.22. The number of imidazole rings is 1. The SMILES string of the molecule is O=C(Nc1ccccc1-c1cn2c(n1)CCCC2)c1cc(-c2cccs2)[nH]n1. The van der Waals surface area contributed by atoms with Gasteiger partial charge in [0.25, 0.3) is 5.91 Å². The first kappa shape index (κ1) is 16.9. The average molecular weight is 389 g/mol. The maximum atomic E-state index is 12.8. The summed E-state index contributed by atoms with van der Waals surface area (Å²) in [6.45, 7) is 1.01. The van der Waals surface area contributed by atoms with Crippen LogP contribution < -0.4 is 5.32 Å². The number of carbonyl (C=O) groups excluding carboxylic acids is 1. The third-order valence-electron chi connectivity index (χ3n) is 4.96. The van der Waals surface area contributed by atoms with E-state index in [-0.39, 0.29) is 5.91 Å². The number of anilines is 1. The van der Waals surface area contributed by atoms with Crippen molar-refractivity contribution in [3.63, 3.8) is 0 Å².